The number of carbonyl (C=O) groups excluding carboxylic acids is 1. The molecule has 2 atom stereocenters. The molecule has 0 spiro atoms. The Morgan fingerprint density at radius 2 is 1.74 bits per heavy atom. The van der Waals surface area contributed by atoms with E-state index in [0.29, 0.717) is 11.4 Å². The third-order valence-corrected chi connectivity index (χ3v) is 6.20. The number of nitrogens with two attached hydrogens (primary N) is 1. The van der Waals surface area contributed by atoms with Crippen LogP contribution in [0.15, 0.2) is 66.7 Å². The first kappa shape index (κ1) is 24.4. The van der Waals surface area contributed by atoms with E-state index in [4.69, 9.17) is 5.73 Å². The number of anilines is 4. The van der Waals surface area contributed by atoms with Crippen LogP contribution >= 0.6 is 0 Å². The lowest BCUT2D eigenvalue weighted by atomic mass is 9.88. The summed E-state index contributed by atoms with van der Waals surface area (Å²) >= 11 is 0. The maximum absolute atomic E-state index is 12.5. The highest BCUT2D eigenvalue weighted by Gasteiger charge is 2.32. The maximum atomic E-state index is 12.5. The number of amides is 1. The molecular formula is C27H29F3N4O. The second-order valence-electron chi connectivity index (χ2n) is 8.94. The van der Waals surface area contributed by atoms with Crippen molar-refractivity contribution >= 4 is 28.7 Å². The molecule has 3 aromatic rings. The third kappa shape index (κ3) is 5.88. The van der Waals surface area contributed by atoms with Crippen LogP contribution in [-0.4, -0.2) is 24.7 Å². The van der Waals surface area contributed by atoms with Gasteiger partial charge in [0.15, 0.2) is 0 Å². The van der Waals surface area contributed by atoms with Crippen LogP contribution < -0.4 is 21.3 Å². The minimum atomic E-state index is -4.20. The highest BCUT2D eigenvalue weighted by Crippen LogP contribution is 2.41. The van der Waals surface area contributed by atoms with E-state index in [1.54, 1.807) is 13.0 Å². The highest BCUT2D eigenvalue weighted by molar-refractivity contribution is 5.94. The smallest absolute Gasteiger partial charge is 0.390 e. The van der Waals surface area contributed by atoms with E-state index in [9.17, 15) is 18.0 Å². The minimum Gasteiger partial charge on any atom is -0.399 e. The predicted molar refractivity (Wildman–Crippen MR) is 135 cm³/mol. The number of hydrogen-bond donors (Lipinski definition) is 3. The number of rotatable bonds is 6. The van der Waals surface area contributed by atoms with Crippen molar-refractivity contribution in [2.75, 3.05) is 27.8 Å². The topological polar surface area (TPSA) is 70.4 Å². The van der Waals surface area contributed by atoms with Gasteiger partial charge in [0, 0.05) is 42.3 Å². The van der Waals surface area contributed by atoms with Gasteiger partial charge in [-0.2, -0.15) is 13.2 Å². The number of hydrogen-bond acceptors (Lipinski definition) is 4. The Bertz CT molecular complexity index is 1190. The fraction of sp³-hybridized carbons (Fsp3) is 0.296. The van der Waals surface area contributed by atoms with Crippen LogP contribution in [-0.2, 0) is 4.79 Å². The molecule has 4 N–H and O–H groups in total. The van der Waals surface area contributed by atoms with E-state index in [0.717, 1.165) is 34.5 Å². The first-order valence-corrected chi connectivity index (χ1v) is 11.6. The number of carbonyl (C=O) groups is 1. The Hall–Kier alpha value is -3.68. The van der Waals surface area contributed by atoms with Crippen LogP contribution in [0, 0.1) is 0 Å². The fourth-order valence-electron chi connectivity index (χ4n) is 4.60. The first-order chi connectivity index (χ1) is 16.6. The summed E-state index contributed by atoms with van der Waals surface area (Å²) in [5, 5.41) is 6.43. The van der Waals surface area contributed by atoms with E-state index in [-0.39, 0.29) is 24.5 Å². The van der Waals surface area contributed by atoms with Gasteiger partial charge in [0.05, 0.1) is 12.5 Å². The van der Waals surface area contributed by atoms with Gasteiger partial charge in [0.25, 0.3) is 0 Å². The lowest BCUT2D eigenvalue weighted by Gasteiger charge is -2.39. The minimum absolute atomic E-state index is 0.0123. The number of nitrogens with zero attached hydrogens (tertiary/aromatic N) is 1. The van der Waals surface area contributed by atoms with Crippen molar-refractivity contribution in [3.8, 4) is 11.1 Å². The molecule has 0 radical (unpaired) electrons. The summed E-state index contributed by atoms with van der Waals surface area (Å²) in [7, 11) is 0. The van der Waals surface area contributed by atoms with Gasteiger partial charge < -0.3 is 21.3 Å². The van der Waals surface area contributed by atoms with Gasteiger partial charge in [0.1, 0.15) is 0 Å². The molecule has 184 valence electrons. The first-order valence-electron chi connectivity index (χ1n) is 11.6. The lowest BCUT2D eigenvalue weighted by molar-refractivity contribution is -0.131. The lowest BCUT2D eigenvalue weighted by Crippen LogP contribution is -2.43. The van der Waals surface area contributed by atoms with E-state index in [1.165, 1.54) is 0 Å². The monoisotopic (exact) mass is 482 g/mol. The van der Waals surface area contributed by atoms with Gasteiger partial charge in [-0.15, -0.1) is 0 Å². The molecule has 3 aromatic carbocycles. The van der Waals surface area contributed by atoms with Crippen LogP contribution in [0.2, 0.25) is 0 Å². The van der Waals surface area contributed by atoms with Crippen molar-refractivity contribution in [3.63, 3.8) is 0 Å². The summed E-state index contributed by atoms with van der Waals surface area (Å²) in [6.07, 6.45) is -4.37. The Labute approximate surface area is 203 Å². The number of nitrogens with one attached hydrogen (secondary N) is 2. The van der Waals surface area contributed by atoms with Crippen molar-refractivity contribution in [2.45, 2.75) is 44.9 Å². The number of fused-ring (bicyclic) bond motifs is 1. The summed E-state index contributed by atoms with van der Waals surface area (Å²) in [6, 6.07) is 20.8. The molecule has 0 aromatic heterocycles. The molecule has 0 unspecified atom stereocenters. The van der Waals surface area contributed by atoms with Crippen molar-refractivity contribution in [1.82, 2.24) is 0 Å². The zero-order valence-electron chi connectivity index (χ0n) is 19.7. The van der Waals surface area contributed by atoms with Gasteiger partial charge >= 0.3 is 6.18 Å². The standard InChI is InChI=1S/C27H29F3N4O/c1-17-14-25(33-22-9-7-21(31)8-10-22)24-16-20(6-11-26(24)34(17)18(2)35)19-4-3-5-23(15-19)32-13-12-27(28,29)30/h3-11,15-17,25,32-33H,12-14,31H2,1-2H3/t17-,25+/m0/s1. The Morgan fingerprint density at radius 1 is 1.03 bits per heavy atom. The summed E-state index contributed by atoms with van der Waals surface area (Å²) in [4.78, 5) is 14.3. The Kier molecular flexibility index (Phi) is 6.91. The van der Waals surface area contributed by atoms with Crippen LogP contribution in [0.25, 0.3) is 11.1 Å². The molecule has 0 aliphatic carbocycles. The zero-order chi connectivity index (χ0) is 25.2. The van der Waals surface area contributed by atoms with E-state index in [1.807, 2.05) is 66.4 Å². The van der Waals surface area contributed by atoms with Crippen molar-refractivity contribution in [1.29, 1.82) is 0 Å². The Balaban J connectivity index is 1.66. The molecular weight excluding hydrogens is 453 g/mol. The average Bonchev–Trinajstić information content (AvgIpc) is 2.79. The summed E-state index contributed by atoms with van der Waals surface area (Å²) in [5.74, 6) is -0.0201. The summed E-state index contributed by atoms with van der Waals surface area (Å²) in [5.41, 5.74) is 11.7. The molecule has 35 heavy (non-hydrogen) atoms. The molecule has 8 heteroatoms. The SMILES string of the molecule is CC(=O)N1c2ccc(-c3cccc(NCCC(F)(F)F)c3)cc2[C@H](Nc2ccc(N)cc2)C[C@@H]1C. The molecule has 1 aliphatic rings. The number of alkyl halides is 3. The van der Waals surface area contributed by atoms with Gasteiger partial charge in [-0.05, 0) is 78.6 Å². The Morgan fingerprint density at radius 3 is 2.43 bits per heavy atom. The maximum Gasteiger partial charge on any atom is 0.390 e. The van der Waals surface area contributed by atoms with Gasteiger partial charge in [-0.1, -0.05) is 18.2 Å². The second-order valence-corrected chi connectivity index (χ2v) is 8.94. The van der Waals surface area contributed by atoms with Crippen LogP contribution in [0.3, 0.4) is 0 Å². The normalized spacial score (nSPS) is 17.6. The van der Waals surface area contributed by atoms with Crippen molar-refractivity contribution in [2.24, 2.45) is 0 Å². The molecule has 4 rings (SSSR count). The summed E-state index contributed by atoms with van der Waals surface area (Å²) in [6.45, 7) is 3.42. The third-order valence-electron chi connectivity index (χ3n) is 6.20. The van der Waals surface area contributed by atoms with Gasteiger partial charge in [0.2, 0.25) is 5.91 Å². The molecule has 0 fully saturated rings. The van der Waals surface area contributed by atoms with Crippen LogP contribution in [0.4, 0.5) is 35.9 Å². The molecule has 0 saturated carbocycles. The highest BCUT2D eigenvalue weighted by atomic mass is 19.4. The number of benzene rings is 3. The zero-order valence-corrected chi connectivity index (χ0v) is 19.7. The predicted octanol–water partition coefficient (Wildman–Crippen LogP) is 6.60. The molecule has 0 bridgehead atoms. The molecule has 1 aliphatic heterocycles. The van der Waals surface area contributed by atoms with Gasteiger partial charge in [-0.25, -0.2) is 0 Å². The van der Waals surface area contributed by atoms with Crippen molar-refractivity contribution in [3.05, 3.63) is 72.3 Å². The van der Waals surface area contributed by atoms with Gasteiger partial charge in [-0.3, -0.25) is 4.79 Å². The fourth-order valence-corrected chi connectivity index (χ4v) is 4.60. The summed E-state index contributed by atoms with van der Waals surface area (Å²) < 4.78 is 37.5. The molecule has 1 heterocycles. The molecule has 1 amide bonds. The van der Waals surface area contributed by atoms with E-state index < -0.39 is 12.6 Å². The second kappa shape index (κ2) is 9.90. The van der Waals surface area contributed by atoms with E-state index >= 15 is 0 Å². The number of nitrogen functional groups attached to an aromatic ring is 1. The molecule has 0 saturated heterocycles. The average molecular weight is 483 g/mol. The molecule has 5 nitrogen and oxygen atoms in total. The van der Waals surface area contributed by atoms with Crippen LogP contribution in [0.5, 0.6) is 0 Å². The quantitative estimate of drug-likeness (QED) is 0.346. The van der Waals surface area contributed by atoms with E-state index in [2.05, 4.69) is 16.7 Å². The number of halogens is 3. The van der Waals surface area contributed by atoms with Crippen LogP contribution in [0.1, 0.15) is 38.3 Å². The largest absolute Gasteiger partial charge is 0.399 e. The van der Waals surface area contributed by atoms with Crippen molar-refractivity contribution < 1.29 is 18.0 Å².